The van der Waals surface area contributed by atoms with Gasteiger partial charge < -0.3 is 165 Å². The molecule has 37 nitrogen and oxygen atoms in total. The largest absolute Gasteiger partial charge is 0.477 e. The van der Waals surface area contributed by atoms with E-state index in [-0.39, 0.29) is 0 Å². The SMILES string of the molecule is CC(=O)N[C@H]1[C@H](O[C@@H]2[C@H](O[C@]3(C(=O)O)C[C@H](O)[C@@H](NC(C)=O)[C@H]([C@H](O)[C@H](O)CO)O3)[C@@H](O)[C@H](O[C@H]3[C@@H](O)[C@@H](CO)O[C@@H](O[C@@H]4[C@H](O)[C@@H](O)[C@H](O[C@H]5[C@H](O)[C@@H](O)[C@H](O)O[C@@H]5CO)O[C@@H]4CO)[C@@H]3NC(C)=O)O[C@@H]2CO)O[C@H](CO)[C@H](O)[C@@H]1O. The van der Waals surface area contributed by atoms with Crippen LogP contribution in [0.2, 0.25) is 0 Å². The van der Waals surface area contributed by atoms with Gasteiger partial charge in [-0.1, -0.05) is 0 Å². The minimum absolute atomic E-state index is 0.876. The van der Waals surface area contributed by atoms with Gasteiger partial charge in [0.05, 0.1) is 51.8 Å². The molecule has 6 fully saturated rings. The summed E-state index contributed by atoms with van der Waals surface area (Å²) >= 11 is 0. The number of hydrogen-bond acceptors (Lipinski definition) is 33. The Balaban J connectivity index is 1.38. The number of nitrogens with one attached hydrogen (secondary N) is 3. The molecule has 0 aromatic rings. The van der Waals surface area contributed by atoms with Crippen LogP contribution >= 0.6 is 0 Å². The van der Waals surface area contributed by atoms with Crippen molar-refractivity contribution in [3.8, 4) is 0 Å². The van der Waals surface area contributed by atoms with Gasteiger partial charge in [-0.05, 0) is 0 Å². The third kappa shape index (κ3) is 14.6. The van der Waals surface area contributed by atoms with E-state index in [2.05, 4.69) is 16.0 Å². The lowest BCUT2D eigenvalue weighted by Crippen LogP contribution is -2.72. The summed E-state index contributed by atoms with van der Waals surface area (Å²) in [5, 5.41) is 212. The number of rotatable bonds is 22. The normalized spacial score (nSPS) is 46.3. The van der Waals surface area contributed by atoms with Crippen LogP contribution in [0.25, 0.3) is 0 Å². The van der Waals surface area contributed by atoms with Crippen LogP contribution in [-0.2, 0) is 71.3 Å². The third-order valence-corrected chi connectivity index (χ3v) is 14.6. The number of aliphatic hydroxyl groups excluding tert-OH is 18. The van der Waals surface area contributed by atoms with Crippen LogP contribution in [0.5, 0.6) is 0 Å². The zero-order valence-electron chi connectivity index (χ0n) is 43.9. The van der Waals surface area contributed by atoms with Crippen molar-refractivity contribution in [3.05, 3.63) is 0 Å². The smallest absolute Gasteiger partial charge is 0.364 e. The fourth-order valence-electron chi connectivity index (χ4n) is 10.4. The Morgan fingerprint density at radius 1 is 0.476 bits per heavy atom. The topological polar surface area (TPSA) is 590 Å². The van der Waals surface area contributed by atoms with E-state index >= 15 is 0 Å². The molecule has 3 amide bonds. The van der Waals surface area contributed by atoms with Gasteiger partial charge in [0, 0.05) is 27.2 Å². The number of carboxylic acid groups (broad SMARTS) is 1. The molecule has 22 N–H and O–H groups in total. The molecule has 0 bridgehead atoms. The third-order valence-electron chi connectivity index (χ3n) is 14.6. The average Bonchev–Trinajstić information content (AvgIpc) is 2.24. The molecule has 0 aromatic carbocycles. The Morgan fingerprint density at radius 3 is 1.43 bits per heavy atom. The van der Waals surface area contributed by atoms with E-state index in [0.29, 0.717) is 0 Å². The molecule has 0 spiro atoms. The van der Waals surface area contributed by atoms with Crippen molar-refractivity contribution in [2.45, 2.75) is 217 Å². The van der Waals surface area contributed by atoms with Crippen LogP contribution in [0.4, 0.5) is 0 Å². The van der Waals surface area contributed by atoms with E-state index in [1.54, 1.807) is 0 Å². The summed E-state index contributed by atoms with van der Waals surface area (Å²) < 4.78 is 63.9. The van der Waals surface area contributed by atoms with E-state index in [0.717, 1.165) is 20.8 Å². The second-order valence-corrected chi connectivity index (χ2v) is 20.4. The summed E-state index contributed by atoms with van der Waals surface area (Å²) in [5.41, 5.74) is 0. The highest BCUT2D eigenvalue weighted by atomic mass is 16.8. The molecule has 82 heavy (non-hydrogen) atoms. The van der Waals surface area contributed by atoms with Crippen molar-refractivity contribution < 1.29 is 168 Å². The molecular formula is C45H75N3O34. The van der Waals surface area contributed by atoms with Crippen LogP contribution in [0, 0.1) is 0 Å². The number of carboxylic acids is 1. The van der Waals surface area contributed by atoms with Gasteiger partial charge in [0.25, 0.3) is 5.79 Å². The maximum Gasteiger partial charge on any atom is 0.364 e. The number of hydrogen-bond donors (Lipinski definition) is 22. The molecule has 6 rings (SSSR count). The number of carbonyl (C=O) groups is 4. The van der Waals surface area contributed by atoms with E-state index in [9.17, 15) is 116 Å². The number of aliphatic hydroxyl groups is 18. The summed E-state index contributed by atoms with van der Waals surface area (Å²) in [6, 6.07) is -5.51. The Hall–Kier alpha value is -3.28. The predicted octanol–water partition coefficient (Wildman–Crippen LogP) is -14.5. The molecule has 31 atom stereocenters. The quantitative estimate of drug-likeness (QED) is 0.0479. The second kappa shape index (κ2) is 28.9. The lowest BCUT2D eigenvalue weighted by Gasteiger charge is -2.53. The van der Waals surface area contributed by atoms with Gasteiger partial charge in [0.2, 0.25) is 17.7 Å². The molecule has 0 aromatic heterocycles. The number of aliphatic carboxylic acids is 1. The first-order valence-electron chi connectivity index (χ1n) is 25.7. The maximum absolute atomic E-state index is 13.6. The predicted molar refractivity (Wildman–Crippen MR) is 251 cm³/mol. The molecule has 6 aliphatic rings. The summed E-state index contributed by atoms with van der Waals surface area (Å²) in [4.78, 5) is 51.2. The Kier molecular flexibility index (Phi) is 23.9. The van der Waals surface area contributed by atoms with Crippen molar-refractivity contribution >= 4 is 23.7 Å². The van der Waals surface area contributed by atoms with Crippen molar-refractivity contribution in [1.29, 1.82) is 0 Å². The highest BCUT2D eigenvalue weighted by Gasteiger charge is 2.62. The Morgan fingerprint density at radius 2 is 0.902 bits per heavy atom. The summed E-state index contributed by atoms with van der Waals surface area (Å²) in [6.45, 7) is -3.78. The number of amides is 3. The molecule has 0 saturated carbocycles. The molecule has 0 radical (unpaired) electrons. The monoisotopic (exact) mass is 1200 g/mol. The van der Waals surface area contributed by atoms with Gasteiger partial charge in [-0.15, -0.1) is 0 Å². The van der Waals surface area contributed by atoms with Gasteiger partial charge in [0.1, 0.15) is 140 Å². The highest BCUT2D eigenvalue weighted by Crippen LogP contribution is 2.41. The summed E-state index contributed by atoms with van der Waals surface area (Å²) in [6.07, 6.45) is -57.3. The van der Waals surface area contributed by atoms with E-state index < -0.39 is 259 Å². The Labute approximate surface area is 463 Å². The van der Waals surface area contributed by atoms with Crippen LogP contribution in [-0.4, -0.2) is 350 Å². The van der Waals surface area contributed by atoms with Crippen LogP contribution in [0.15, 0.2) is 0 Å². The lowest BCUT2D eigenvalue weighted by atomic mass is 9.88. The molecule has 0 unspecified atom stereocenters. The van der Waals surface area contributed by atoms with Crippen molar-refractivity contribution in [2.75, 3.05) is 39.6 Å². The molecule has 37 heteroatoms. The molecule has 6 aliphatic heterocycles. The van der Waals surface area contributed by atoms with E-state index in [1.807, 2.05) is 0 Å². The second-order valence-electron chi connectivity index (χ2n) is 20.4. The fraction of sp³-hybridized carbons (Fsp3) is 0.911. The van der Waals surface area contributed by atoms with Crippen LogP contribution in [0.1, 0.15) is 27.2 Å². The lowest BCUT2D eigenvalue weighted by molar-refractivity contribution is -0.400. The summed E-state index contributed by atoms with van der Waals surface area (Å²) in [7, 11) is 0. The first kappa shape index (κ1) is 67.8. The highest BCUT2D eigenvalue weighted by molar-refractivity contribution is 5.77. The van der Waals surface area contributed by atoms with Crippen LogP contribution in [0.3, 0.4) is 0 Å². The molecule has 6 saturated heterocycles. The van der Waals surface area contributed by atoms with Crippen LogP contribution < -0.4 is 16.0 Å². The van der Waals surface area contributed by atoms with Gasteiger partial charge in [-0.2, -0.15) is 0 Å². The van der Waals surface area contributed by atoms with Gasteiger partial charge >= 0.3 is 5.97 Å². The van der Waals surface area contributed by atoms with Crippen molar-refractivity contribution in [2.24, 2.45) is 0 Å². The van der Waals surface area contributed by atoms with E-state index in [1.165, 1.54) is 0 Å². The van der Waals surface area contributed by atoms with Gasteiger partial charge in [0.15, 0.2) is 31.5 Å². The van der Waals surface area contributed by atoms with Gasteiger partial charge in [-0.3, -0.25) is 14.4 Å². The van der Waals surface area contributed by atoms with E-state index in [4.69, 9.17) is 52.1 Å². The minimum atomic E-state index is -3.38. The molecular weight excluding hydrogens is 1130 g/mol. The van der Waals surface area contributed by atoms with Crippen molar-refractivity contribution in [3.63, 3.8) is 0 Å². The first-order chi connectivity index (χ1) is 38.6. The summed E-state index contributed by atoms with van der Waals surface area (Å²) in [5.74, 6) is -8.28. The zero-order valence-corrected chi connectivity index (χ0v) is 43.9. The molecule has 0 aliphatic carbocycles. The Bertz CT molecular complexity index is 2090. The zero-order chi connectivity index (χ0) is 61.0. The number of ether oxygens (including phenoxy) is 11. The van der Waals surface area contributed by atoms with Gasteiger partial charge in [-0.25, -0.2) is 4.79 Å². The minimum Gasteiger partial charge on any atom is -0.477 e. The first-order valence-corrected chi connectivity index (χ1v) is 25.7. The van der Waals surface area contributed by atoms with Crippen molar-refractivity contribution in [1.82, 2.24) is 16.0 Å². The molecule has 474 valence electrons. The maximum atomic E-state index is 13.6. The average molecular weight is 1200 g/mol. The fourth-order valence-corrected chi connectivity index (χ4v) is 10.4. The molecule has 6 heterocycles. The standard InChI is InChI=1S/C45H75N3O34/c1-11(55)46-21-14(58)4-45(44(70)71,81-37(21)24(60)15(59)5-49)82-38-32(68)43(76-20(10-54)35(38)79-40-22(47-12(2)56)27(63)25(61)16(6-50)73-40)80-36-23(48-13(3)57)41(74-17(7-51)26(36)62)77-34-19(9-53)75-42(31(67)29(34)65)78-33-18(8-52)72-39(69)30(66)28(33)64/h14-43,49-54,58-69H,4-10H2,1-3H3,(H,46,55)(H,47,56)(H,48,57)(H,70,71)/t14-,15+,16+,17+,18+,19+,20+,21+,22+,23+,24+,25-,26-,27+,28+,29+,30+,31+,32+,33+,34-,35-,36+,37+,38+,39+,40-,41-,42-,43-,45-/m0/s1. The number of carbonyl (C=O) groups excluding carboxylic acids is 3.